The highest BCUT2D eigenvalue weighted by atomic mass is 35.5. The lowest BCUT2D eigenvalue weighted by molar-refractivity contribution is 0.587. The maximum atomic E-state index is 6.04. The van der Waals surface area contributed by atoms with Crippen molar-refractivity contribution in [2.45, 2.75) is 38.6 Å². The van der Waals surface area contributed by atoms with Gasteiger partial charge in [-0.3, -0.25) is 0 Å². The molecule has 0 spiro atoms. The van der Waals surface area contributed by atoms with E-state index in [1.807, 2.05) is 18.2 Å². The molecule has 1 atom stereocenters. The predicted octanol–water partition coefficient (Wildman–Crippen LogP) is 3.96. The fourth-order valence-corrected chi connectivity index (χ4v) is 2.50. The Morgan fingerprint density at radius 3 is 2.83 bits per heavy atom. The van der Waals surface area contributed by atoms with Crippen LogP contribution in [-0.2, 0) is 0 Å². The van der Waals surface area contributed by atoms with Crippen molar-refractivity contribution >= 4 is 34.5 Å². The zero-order chi connectivity index (χ0) is 13.1. The average Bonchev–Trinajstić information content (AvgIpc) is 3.11. The molecular weight excluding hydrogens is 264 g/mol. The fraction of sp³-hybridized carbons (Fsp3) is 0.500. The van der Waals surface area contributed by atoms with Gasteiger partial charge in [0.05, 0.1) is 0 Å². The van der Waals surface area contributed by atoms with Crippen molar-refractivity contribution in [3.63, 3.8) is 0 Å². The molecule has 2 rings (SSSR count). The Bertz CT molecular complexity index is 443. The second-order valence-electron chi connectivity index (χ2n) is 4.98. The van der Waals surface area contributed by atoms with E-state index in [2.05, 4.69) is 12.2 Å². The first-order chi connectivity index (χ1) is 8.60. The molecule has 2 nitrogen and oxygen atoms in total. The molecule has 1 unspecified atom stereocenters. The van der Waals surface area contributed by atoms with E-state index in [0.717, 1.165) is 23.6 Å². The first kappa shape index (κ1) is 13.6. The van der Waals surface area contributed by atoms with E-state index >= 15 is 0 Å². The number of thiocarbonyl (C=S) groups is 1. The van der Waals surface area contributed by atoms with Gasteiger partial charge in [0.2, 0.25) is 0 Å². The SMILES string of the molecule is CCC(CC1CC1)Nc1cc(Cl)ccc1C(N)=S. The number of hydrogen-bond donors (Lipinski definition) is 2. The molecule has 0 bridgehead atoms. The van der Waals surface area contributed by atoms with Gasteiger partial charge in [-0.25, -0.2) is 0 Å². The summed E-state index contributed by atoms with van der Waals surface area (Å²) in [6, 6.07) is 6.09. The lowest BCUT2D eigenvalue weighted by Gasteiger charge is -2.20. The lowest BCUT2D eigenvalue weighted by Crippen LogP contribution is -2.22. The monoisotopic (exact) mass is 282 g/mol. The molecule has 0 amide bonds. The molecule has 1 saturated carbocycles. The van der Waals surface area contributed by atoms with Gasteiger partial charge >= 0.3 is 0 Å². The van der Waals surface area contributed by atoms with Gasteiger partial charge in [-0.05, 0) is 37.0 Å². The highest BCUT2D eigenvalue weighted by Crippen LogP contribution is 2.35. The molecule has 1 aliphatic carbocycles. The van der Waals surface area contributed by atoms with Crippen LogP contribution in [0.25, 0.3) is 0 Å². The number of nitrogens with one attached hydrogen (secondary N) is 1. The van der Waals surface area contributed by atoms with Gasteiger partial charge in [-0.15, -0.1) is 0 Å². The Balaban J connectivity index is 2.14. The summed E-state index contributed by atoms with van der Waals surface area (Å²) in [7, 11) is 0. The molecule has 0 heterocycles. The van der Waals surface area contributed by atoms with Crippen LogP contribution in [-0.4, -0.2) is 11.0 Å². The van der Waals surface area contributed by atoms with Crippen molar-refractivity contribution in [1.29, 1.82) is 0 Å². The molecule has 1 aromatic carbocycles. The van der Waals surface area contributed by atoms with E-state index in [-0.39, 0.29) is 0 Å². The van der Waals surface area contributed by atoms with Crippen LogP contribution in [0, 0.1) is 5.92 Å². The van der Waals surface area contributed by atoms with E-state index in [0.29, 0.717) is 16.1 Å². The minimum absolute atomic E-state index is 0.412. The van der Waals surface area contributed by atoms with Crippen molar-refractivity contribution in [2.75, 3.05) is 5.32 Å². The molecule has 18 heavy (non-hydrogen) atoms. The Labute approximate surface area is 119 Å². The number of halogens is 1. The van der Waals surface area contributed by atoms with E-state index in [1.54, 1.807) is 0 Å². The van der Waals surface area contributed by atoms with E-state index in [4.69, 9.17) is 29.6 Å². The summed E-state index contributed by atoms with van der Waals surface area (Å²) >= 11 is 11.1. The second kappa shape index (κ2) is 5.89. The largest absolute Gasteiger partial charge is 0.389 e. The van der Waals surface area contributed by atoms with Crippen molar-refractivity contribution in [2.24, 2.45) is 11.7 Å². The molecular formula is C14H19ClN2S. The van der Waals surface area contributed by atoms with Gasteiger partial charge in [0, 0.05) is 22.3 Å². The summed E-state index contributed by atoms with van der Waals surface area (Å²) in [4.78, 5) is 0.412. The van der Waals surface area contributed by atoms with Crippen LogP contribution in [0.15, 0.2) is 18.2 Å². The summed E-state index contributed by atoms with van der Waals surface area (Å²) in [5.41, 5.74) is 7.58. The zero-order valence-corrected chi connectivity index (χ0v) is 12.2. The van der Waals surface area contributed by atoms with Gasteiger partial charge in [0.15, 0.2) is 0 Å². The molecule has 1 fully saturated rings. The average molecular weight is 283 g/mol. The first-order valence-corrected chi connectivity index (χ1v) is 7.24. The highest BCUT2D eigenvalue weighted by Gasteiger charge is 2.25. The smallest absolute Gasteiger partial charge is 0.106 e. The van der Waals surface area contributed by atoms with Crippen molar-refractivity contribution in [1.82, 2.24) is 0 Å². The van der Waals surface area contributed by atoms with Gasteiger partial charge in [-0.2, -0.15) is 0 Å². The van der Waals surface area contributed by atoms with E-state index in [1.165, 1.54) is 19.3 Å². The maximum Gasteiger partial charge on any atom is 0.106 e. The van der Waals surface area contributed by atoms with Crippen LogP contribution < -0.4 is 11.1 Å². The quantitative estimate of drug-likeness (QED) is 0.776. The molecule has 4 heteroatoms. The third-order valence-electron chi connectivity index (χ3n) is 3.41. The minimum Gasteiger partial charge on any atom is -0.389 e. The van der Waals surface area contributed by atoms with Crippen LogP contribution in [0.2, 0.25) is 5.02 Å². The number of benzene rings is 1. The van der Waals surface area contributed by atoms with Gasteiger partial charge in [0.1, 0.15) is 4.99 Å². The number of rotatable bonds is 6. The molecule has 3 N–H and O–H groups in total. The maximum absolute atomic E-state index is 6.04. The highest BCUT2D eigenvalue weighted by molar-refractivity contribution is 7.80. The third kappa shape index (κ3) is 3.59. The zero-order valence-electron chi connectivity index (χ0n) is 10.6. The van der Waals surface area contributed by atoms with Crippen LogP contribution >= 0.6 is 23.8 Å². The van der Waals surface area contributed by atoms with Gasteiger partial charge in [0.25, 0.3) is 0 Å². The summed E-state index contributed by atoms with van der Waals surface area (Å²) in [5, 5.41) is 4.25. The van der Waals surface area contributed by atoms with Crippen LogP contribution in [0.4, 0.5) is 5.69 Å². The van der Waals surface area contributed by atoms with Crippen molar-refractivity contribution in [3.8, 4) is 0 Å². The van der Waals surface area contributed by atoms with Crippen molar-refractivity contribution < 1.29 is 0 Å². The minimum atomic E-state index is 0.412. The third-order valence-corrected chi connectivity index (χ3v) is 3.87. The summed E-state index contributed by atoms with van der Waals surface area (Å²) in [6.45, 7) is 2.20. The Morgan fingerprint density at radius 1 is 1.56 bits per heavy atom. The molecule has 0 saturated heterocycles. The summed E-state index contributed by atoms with van der Waals surface area (Å²) in [5.74, 6) is 0.898. The Morgan fingerprint density at radius 2 is 2.28 bits per heavy atom. The Hall–Kier alpha value is -0.800. The molecule has 0 aliphatic heterocycles. The van der Waals surface area contributed by atoms with Crippen LogP contribution in [0.1, 0.15) is 38.2 Å². The molecule has 1 aliphatic rings. The summed E-state index contributed by atoms with van der Waals surface area (Å²) in [6.07, 6.45) is 5.06. The predicted molar refractivity (Wildman–Crippen MR) is 82.4 cm³/mol. The van der Waals surface area contributed by atoms with Gasteiger partial charge < -0.3 is 11.1 Å². The number of hydrogen-bond acceptors (Lipinski definition) is 2. The van der Waals surface area contributed by atoms with Gasteiger partial charge in [-0.1, -0.05) is 43.6 Å². The standard InChI is InChI=1S/C14H19ClN2S/c1-2-11(7-9-3-4-9)17-13-8-10(15)5-6-12(13)14(16)18/h5-6,8-9,11,17H,2-4,7H2,1H3,(H2,16,18). The van der Waals surface area contributed by atoms with E-state index < -0.39 is 0 Å². The van der Waals surface area contributed by atoms with Crippen LogP contribution in [0.3, 0.4) is 0 Å². The molecule has 98 valence electrons. The first-order valence-electron chi connectivity index (χ1n) is 6.46. The summed E-state index contributed by atoms with van der Waals surface area (Å²) < 4.78 is 0. The molecule has 0 radical (unpaired) electrons. The normalized spacial score (nSPS) is 16.3. The topological polar surface area (TPSA) is 38.0 Å². The fourth-order valence-electron chi connectivity index (χ4n) is 2.15. The van der Waals surface area contributed by atoms with Crippen molar-refractivity contribution in [3.05, 3.63) is 28.8 Å². The van der Waals surface area contributed by atoms with E-state index in [9.17, 15) is 0 Å². The van der Waals surface area contributed by atoms with Crippen LogP contribution in [0.5, 0.6) is 0 Å². The molecule has 1 aromatic rings. The molecule has 0 aromatic heterocycles. The lowest BCUT2D eigenvalue weighted by atomic mass is 10.1. The Kier molecular flexibility index (Phi) is 4.46. The second-order valence-corrected chi connectivity index (χ2v) is 5.86. The number of nitrogens with two attached hydrogens (primary N) is 1. The number of anilines is 1.